The van der Waals surface area contributed by atoms with Crippen LogP contribution in [0.2, 0.25) is 0 Å². The van der Waals surface area contributed by atoms with Gasteiger partial charge in [-0.2, -0.15) is 0 Å². The van der Waals surface area contributed by atoms with Crippen molar-refractivity contribution in [2.24, 2.45) is 0 Å². The summed E-state index contributed by atoms with van der Waals surface area (Å²) in [6, 6.07) is 17.2. The first-order chi connectivity index (χ1) is 20.9. The maximum absolute atomic E-state index is 13.7. The van der Waals surface area contributed by atoms with Crippen molar-refractivity contribution in [3.8, 4) is 5.75 Å². The van der Waals surface area contributed by atoms with Gasteiger partial charge in [0.1, 0.15) is 5.75 Å². The fraction of sp³-hybridized carbons (Fsp3) is 0.273. The van der Waals surface area contributed by atoms with Crippen LogP contribution in [0.15, 0.2) is 78.9 Å². The molecule has 1 amide bonds. The number of nitrogens with one attached hydrogen (secondary N) is 1. The van der Waals surface area contributed by atoms with Gasteiger partial charge in [-0.15, -0.1) is 13.2 Å². The van der Waals surface area contributed by atoms with Gasteiger partial charge in [0.05, 0.1) is 6.54 Å². The monoisotopic (exact) mass is 609 g/mol. The highest BCUT2D eigenvalue weighted by molar-refractivity contribution is 6.32. The summed E-state index contributed by atoms with van der Waals surface area (Å²) < 4.78 is 41.5. The molecule has 0 bridgehead atoms. The van der Waals surface area contributed by atoms with E-state index in [2.05, 4.69) is 10.1 Å². The Morgan fingerprint density at radius 3 is 1.93 bits per heavy atom. The van der Waals surface area contributed by atoms with Crippen LogP contribution in [0, 0.1) is 0 Å². The van der Waals surface area contributed by atoms with Crippen LogP contribution in [0.25, 0.3) is 5.57 Å². The molecule has 0 radical (unpaired) electrons. The van der Waals surface area contributed by atoms with Crippen molar-refractivity contribution < 1.29 is 47.3 Å². The van der Waals surface area contributed by atoms with E-state index >= 15 is 0 Å². The Balaban J connectivity index is 1.60. The van der Waals surface area contributed by atoms with E-state index < -0.39 is 48.2 Å². The average Bonchev–Trinajstić information content (AvgIpc) is 3.02. The number of ketones is 2. The highest BCUT2D eigenvalue weighted by atomic mass is 19.4. The summed E-state index contributed by atoms with van der Waals surface area (Å²) >= 11 is 0. The van der Waals surface area contributed by atoms with Crippen molar-refractivity contribution in [1.82, 2.24) is 5.32 Å². The second kappa shape index (κ2) is 14.1. The smallest absolute Gasteiger partial charge is 0.479 e. The van der Waals surface area contributed by atoms with Crippen LogP contribution in [-0.4, -0.2) is 52.7 Å². The number of alkyl halides is 3. The molecule has 8 nitrogen and oxygen atoms in total. The third-order valence-corrected chi connectivity index (χ3v) is 7.34. The van der Waals surface area contributed by atoms with Gasteiger partial charge < -0.3 is 20.3 Å². The van der Waals surface area contributed by atoms with E-state index in [0.717, 1.165) is 49.5 Å². The molecule has 1 atom stereocenters. The first-order valence-electron chi connectivity index (χ1n) is 14.0. The van der Waals surface area contributed by atoms with E-state index in [1.807, 2.05) is 12.1 Å². The zero-order chi connectivity index (χ0) is 31.9. The normalized spacial score (nSPS) is 14.9. The second-order valence-electron chi connectivity index (χ2n) is 10.4. The number of allylic oxidation sites excluding steroid dienone is 2. The molecule has 0 aromatic heterocycles. The average molecular weight is 610 g/mol. The van der Waals surface area contributed by atoms with Gasteiger partial charge in [-0.1, -0.05) is 55.7 Å². The van der Waals surface area contributed by atoms with Crippen LogP contribution < -0.4 is 10.1 Å². The molecule has 1 saturated carbocycles. The van der Waals surface area contributed by atoms with Crippen molar-refractivity contribution in [2.45, 2.75) is 50.5 Å². The molecule has 230 valence electrons. The molecule has 0 heterocycles. The summed E-state index contributed by atoms with van der Waals surface area (Å²) in [4.78, 5) is 50.0. The fourth-order valence-electron chi connectivity index (χ4n) is 4.99. The number of ether oxygens (including phenoxy) is 1. The highest BCUT2D eigenvalue weighted by Gasteiger charge is 2.31. The Hall–Kier alpha value is -4.77. The van der Waals surface area contributed by atoms with Crippen LogP contribution in [0.5, 0.6) is 5.75 Å². The first-order valence-corrected chi connectivity index (χ1v) is 14.0. The van der Waals surface area contributed by atoms with Crippen LogP contribution in [0.1, 0.15) is 80.2 Å². The SMILES string of the molecule is O=C(C=C(C(=O)c1ccc(C(=O)NC[C@@H](O)C(=O)O)cc1)c1ccc(C2CCCCC2)cc1)c1ccc(OC(F)(F)F)cc1. The largest absolute Gasteiger partial charge is 0.573 e. The highest BCUT2D eigenvalue weighted by Crippen LogP contribution is 2.33. The Morgan fingerprint density at radius 1 is 0.818 bits per heavy atom. The van der Waals surface area contributed by atoms with E-state index in [9.17, 15) is 37.5 Å². The molecule has 44 heavy (non-hydrogen) atoms. The molecular formula is C33H30F3NO7. The van der Waals surface area contributed by atoms with Crippen LogP contribution >= 0.6 is 0 Å². The van der Waals surface area contributed by atoms with E-state index in [1.54, 1.807) is 12.1 Å². The van der Waals surface area contributed by atoms with Crippen molar-refractivity contribution in [2.75, 3.05) is 6.54 Å². The third-order valence-electron chi connectivity index (χ3n) is 7.34. The number of rotatable bonds is 11. The molecular weight excluding hydrogens is 579 g/mol. The zero-order valence-electron chi connectivity index (χ0n) is 23.5. The molecule has 1 aliphatic rings. The molecule has 1 fully saturated rings. The van der Waals surface area contributed by atoms with Crippen molar-refractivity contribution in [3.05, 3.63) is 107 Å². The number of aliphatic carboxylic acids is 1. The first kappa shape index (κ1) is 32.2. The molecule has 3 aromatic rings. The maximum atomic E-state index is 13.7. The molecule has 3 aromatic carbocycles. The van der Waals surface area contributed by atoms with Gasteiger partial charge in [-0.05, 0) is 72.4 Å². The number of amides is 1. The number of carbonyl (C=O) groups is 4. The van der Waals surface area contributed by atoms with Gasteiger partial charge >= 0.3 is 12.3 Å². The summed E-state index contributed by atoms with van der Waals surface area (Å²) in [5.41, 5.74) is 1.94. The summed E-state index contributed by atoms with van der Waals surface area (Å²) in [5.74, 6) is -3.38. The topological polar surface area (TPSA) is 130 Å². The van der Waals surface area contributed by atoms with E-state index in [-0.39, 0.29) is 22.3 Å². The standard InChI is InChI=1S/C33H30F3NO7/c34-33(35,36)44-26-16-14-23(15-17-26)28(38)18-27(22-8-6-21(7-9-22)20-4-2-1-3-5-20)30(40)24-10-12-25(13-11-24)31(41)37-19-29(39)32(42)43/h6-18,20,29,39H,1-5,19H2,(H,37,41)(H,42,43)/t29-/m1/s1. The Morgan fingerprint density at radius 2 is 1.36 bits per heavy atom. The minimum atomic E-state index is -4.88. The van der Waals surface area contributed by atoms with Crippen molar-refractivity contribution >= 4 is 29.0 Å². The molecule has 4 rings (SSSR count). The fourth-order valence-corrected chi connectivity index (χ4v) is 4.99. The van der Waals surface area contributed by atoms with E-state index in [4.69, 9.17) is 5.11 Å². The predicted molar refractivity (Wildman–Crippen MR) is 154 cm³/mol. The molecule has 0 unspecified atom stereocenters. The van der Waals surface area contributed by atoms with Crippen LogP contribution in [0.3, 0.4) is 0 Å². The Kier molecular flexibility index (Phi) is 10.3. The molecule has 11 heteroatoms. The number of halogens is 3. The lowest BCUT2D eigenvalue weighted by atomic mass is 9.83. The Bertz CT molecular complexity index is 1520. The van der Waals surface area contributed by atoms with Gasteiger partial charge in [0.15, 0.2) is 17.7 Å². The number of carboxylic acid groups (broad SMARTS) is 1. The summed E-state index contributed by atoms with van der Waals surface area (Å²) in [5, 5.41) is 20.4. The summed E-state index contributed by atoms with van der Waals surface area (Å²) in [6.07, 6.45) is 0.105. The van der Waals surface area contributed by atoms with Gasteiger partial charge in [-0.25, -0.2) is 4.79 Å². The lowest BCUT2D eigenvalue weighted by Gasteiger charge is -2.22. The summed E-state index contributed by atoms with van der Waals surface area (Å²) in [7, 11) is 0. The molecule has 0 spiro atoms. The van der Waals surface area contributed by atoms with E-state index in [0.29, 0.717) is 11.5 Å². The molecule has 0 saturated heterocycles. The van der Waals surface area contributed by atoms with Crippen LogP contribution in [0.4, 0.5) is 13.2 Å². The molecule has 3 N–H and O–H groups in total. The predicted octanol–water partition coefficient (Wildman–Crippen LogP) is 5.96. The molecule has 0 aliphatic heterocycles. The zero-order valence-corrected chi connectivity index (χ0v) is 23.5. The lowest BCUT2D eigenvalue weighted by Crippen LogP contribution is -2.36. The minimum absolute atomic E-state index is 0.0409. The Labute approximate surface area is 251 Å². The number of hydrogen-bond donors (Lipinski definition) is 3. The number of aliphatic hydroxyl groups is 1. The van der Waals surface area contributed by atoms with Gasteiger partial charge in [-0.3, -0.25) is 14.4 Å². The lowest BCUT2D eigenvalue weighted by molar-refractivity contribution is -0.274. The minimum Gasteiger partial charge on any atom is -0.479 e. The summed E-state index contributed by atoms with van der Waals surface area (Å²) in [6.45, 7) is -0.510. The number of carboxylic acids is 1. The van der Waals surface area contributed by atoms with Crippen LogP contribution in [-0.2, 0) is 4.79 Å². The van der Waals surface area contributed by atoms with Gasteiger partial charge in [0.25, 0.3) is 5.91 Å². The number of aliphatic hydroxyl groups excluding tert-OH is 1. The number of Topliss-reactive ketones (excluding diaryl/α,β-unsaturated/α-hetero) is 1. The van der Waals surface area contributed by atoms with Crippen molar-refractivity contribution in [1.29, 1.82) is 0 Å². The van der Waals surface area contributed by atoms with E-state index in [1.165, 1.54) is 42.8 Å². The third kappa shape index (κ3) is 8.63. The maximum Gasteiger partial charge on any atom is 0.573 e. The molecule has 1 aliphatic carbocycles. The second-order valence-corrected chi connectivity index (χ2v) is 10.4. The number of benzene rings is 3. The van der Waals surface area contributed by atoms with Crippen molar-refractivity contribution in [3.63, 3.8) is 0 Å². The van der Waals surface area contributed by atoms with Gasteiger partial charge in [0, 0.05) is 22.3 Å². The number of carbonyl (C=O) groups excluding carboxylic acids is 3. The number of hydrogen-bond acceptors (Lipinski definition) is 6. The quantitative estimate of drug-likeness (QED) is 0.181. The van der Waals surface area contributed by atoms with Gasteiger partial charge in [0.2, 0.25) is 0 Å².